The van der Waals surface area contributed by atoms with Crippen molar-refractivity contribution < 1.29 is 4.74 Å². The van der Waals surface area contributed by atoms with Crippen LogP contribution < -0.4 is 5.32 Å². The summed E-state index contributed by atoms with van der Waals surface area (Å²) in [6.07, 6.45) is 5.03. The highest BCUT2D eigenvalue weighted by atomic mass is 16.5. The number of rotatable bonds is 4. The minimum Gasteiger partial charge on any atom is -0.381 e. The van der Waals surface area contributed by atoms with E-state index in [1.165, 1.54) is 17.4 Å². The molecule has 1 aliphatic rings. The Kier molecular flexibility index (Phi) is 3.07. The number of nitrogens with one attached hydrogen (secondary N) is 2. The van der Waals surface area contributed by atoms with Gasteiger partial charge < -0.3 is 15.0 Å². The van der Waals surface area contributed by atoms with Gasteiger partial charge in [0.1, 0.15) is 5.65 Å². The molecule has 4 nitrogen and oxygen atoms in total. The second-order valence-corrected chi connectivity index (χ2v) is 4.57. The number of pyridine rings is 1. The van der Waals surface area contributed by atoms with Crippen molar-refractivity contribution in [1.29, 1.82) is 0 Å². The van der Waals surface area contributed by atoms with Crippen LogP contribution in [0.25, 0.3) is 11.0 Å². The van der Waals surface area contributed by atoms with Gasteiger partial charge in [0, 0.05) is 37.5 Å². The van der Waals surface area contributed by atoms with Crippen molar-refractivity contribution in [3.8, 4) is 0 Å². The highest BCUT2D eigenvalue weighted by molar-refractivity contribution is 5.79. The monoisotopic (exact) mass is 231 g/mol. The van der Waals surface area contributed by atoms with Gasteiger partial charge in [-0.25, -0.2) is 4.98 Å². The van der Waals surface area contributed by atoms with Crippen LogP contribution >= 0.6 is 0 Å². The molecule has 0 radical (unpaired) electrons. The van der Waals surface area contributed by atoms with Crippen LogP contribution in [-0.4, -0.2) is 29.7 Å². The van der Waals surface area contributed by atoms with Gasteiger partial charge in [-0.3, -0.25) is 0 Å². The molecule has 0 bridgehead atoms. The number of hydrogen-bond donors (Lipinski definition) is 2. The lowest BCUT2D eigenvalue weighted by molar-refractivity contribution is 0.185. The molecule has 1 fully saturated rings. The molecule has 1 aliphatic heterocycles. The van der Waals surface area contributed by atoms with Gasteiger partial charge in [0.15, 0.2) is 0 Å². The fraction of sp³-hybridized carbons (Fsp3) is 0.462. The minimum absolute atomic E-state index is 0.679. The Bertz CT molecular complexity index is 488. The molecular weight excluding hydrogens is 214 g/mol. The molecule has 0 aromatic carbocycles. The summed E-state index contributed by atoms with van der Waals surface area (Å²) in [7, 11) is 0. The third kappa shape index (κ3) is 2.33. The van der Waals surface area contributed by atoms with Crippen LogP contribution in [0, 0.1) is 5.92 Å². The first-order chi connectivity index (χ1) is 8.43. The van der Waals surface area contributed by atoms with Gasteiger partial charge in [-0.1, -0.05) is 0 Å². The first-order valence-corrected chi connectivity index (χ1v) is 6.13. The minimum atomic E-state index is 0.679. The molecule has 4 heteroatoms. The maximum Gasteiger partial charge on any atom is 0.137 e. The van der Waals surface area contributed by atoms with Crippen LogP contribution in [0.4, 0.5) is 0 Å². The first-order valence-electron chi connectivity index (χ1n) is 6.13. The molecule has 17 heavy (non-hydrogen) atoms. The first kappa shape index (κ1) is 10.7. The van der Waals surface area contributed by atoms with E-state index in [2.05, 4.69) is 21.4 Å². The van der Waals surface area contributed by atoms with Crippen molar-refractivity contribution in [2.75, 3.05) is 19.8 Å². The lowest BCUT2D eigenvalue weighted by Crippen LogP contribution is -2.22. The van der Waals surface area contributed by atoms with Crippen LogP contribution in [-0.2, 0) is 11.3 Å². The van der Waals surface area contributed by atoms with Crippen LogP contribution in [0.1, 0.15) is 12.0 Å². The largest absolute Gasteiger partial charge is 0.381 e. The van der Waals surface area contributed by atoms with E-state index in [4.69, 9.17) is 4.74 Å². The normalized spacial score (nSPS) is 20.1. The SMILES string of the molecule is c1cnc2[nH]cc(CNCC3CCOC3)c2c1. The zero-order valence-corrected chi connectivity index (χ0v) is 9.78. The van der Waals surface area contributed by atoms with Gasteiger partial charge in [0.25, 0.3) is 0 Å². The second-order valence-electron chi connectivity index (χ2n) is 4.57. The average Bonchev–Trinajstić information content (AvgIpc) is 2.99. The number of aromatic nitrogens is 2. The summed E-state index contributed by atoms with van der Waals surface area (Å²) >= 11 is 0. The van der Waals surface area contributed by atoms with Gasteiger partial charge >= 0.3 is 0 Å². The fourth-order valence-corrected chi connectivity index (χ4v) is 2.31. The van der Waals surface area contributed by atoms with E-state index >= 15 is 0 Å². The lowest BCUT2D eigenvalue weighted by atomic mass is 10.1. The summed E-state index contributed by atoms with van der Waals surface area (Å²) in [6, 6.07) is 4.08. The third-order valence-electron chi connectivity index (χ3n) is 3.31. The summed E-state index contributed by atoms with van der Waals surface area (Å²) < 4.78 is 5.36. The molecule has 2 aromatic rings. The predicted octanol–water partition coefficient (Wildman–Crippen LogP) is 1.69. The van der Waals surface area contributed by atoms with E-state index in [0.717, 1.165) is 32.0 Å². The van der Waals surface area contributed by atoms with Gasteiger partial charge in [0.05, 0.1) is 6.61 Å². The molecule has 3 heterocycles. The van der Waals surface area contributed by atoms with Crippen molar-refractivity contribution in [3.63, 3.8) is 0 Å². The molecule has 1 atom stereocenters. The highest BCUT2D eigenvalue weighted by Crippen LogP contribution is 2.16. The van der Waals surface area contributed by atoms with E-state index < -0.39 is 0 Å². The summed E-state index contributed by atoms with van der Waals surface area (Å²) in [5, 5.41) is 4.70. The van der Waals surface area contributed by atoms with E-state index in [0.29, 0.717) is 5.92 Å². The zero-order valence-electron chi connectivity index (χ0n) is 9.78. The number of aromatic amines is 1. The van der Waals surface area contributed by atoms with E-state index in [-0.39, 0.29) is 0 Å². The molecule has 1 unspecified atom stereocenters. The molecule has 2 aromatic heterocycles. The van der Waals surface area contributed by atoms with Crippen LogP contribution in [0.5, 0.6) is 0 Å². The van der Waals surface area contributed by atoms with Crippen molar-refractivity contribution in [2.24, 2.45) is 5.92 Å². The van der Waals surface area contributed by atoms with E-state index in [9.17, 15) is 0 Å². The number of fused-ring (bicyclic) bond motifs is 1. The smallest absolute Gasteiger partial charge is 0.137 e. The Hall–Kier alpha value is -1.39. The van der Waals surface area contributed by atoms with Gasteiger partial charge in [-0.15, -0.1) is 0 Å². The lowest BCUT2D eigenvalue weighted by Gasteiger charge is -2.08. The number of ether oxygens (including phenoxy) is 1. The molecule has 0 saturated carbocycles. The van der Waals surface area contributed by atoms with Crippen molar-refractivity contribution in [2.45, 2.75) is 13.0 Å². The molecule has 2 N–H and O–H groups in total. The Morgan fingerprint density at radius 1 is 1.53 bits per heavy atom. The Morgan fingerprint density at radius 3 is 3.41 bits per heavy atom. The molecular formula is C13H17N3O. The summed E-state index contributed by atoms with van der Waals surface area (Å²) in [4.78, 5) is 7.47. The van der Waals surface area contributed by atoms with Crippen molar-refractivity contribution in [1.82, 2.24) is 15.3 Å². The molecule has 0 amide bonds. The molecule has 1 saturated heterocycles. The predicted molar refractivity (Wildman–Crippen MR) is 66.7 cm³/mol. The third-order valence-corrected chi connectivity index (χ3v) is 3.31. The quantitative estimate of drug-likeness (QED) is 0.842. The van der Waals surface area contributed by atoms with Gasteiger partial charge in [0.2, 0.25) is 0 Å². The van der Waals surface area contributed by atoms with Crippen LogP contribution in [0.2, 0.25) is 0 Å². The summed E-state index contributed by atoms with van der Waals surface area (Å²) in [5.74, 6) is 0.679. The Labute approximate surface area is 100 Å². The van der Waals surface area contributed by atoms with Gasteiger partial charge in [-0.2, -0.15) is 0 Å². The maximum absolute atomic E-state index is 5.36. The average molecular weight is 231 g/mol. The Balaban J connectivity index is 1.60. The van der Waals surface area contributed by atoms with E-state index in [1.807, 2.05) is 18.5 Å². The van der Waals surface area contributed by atoms with Crippen LogP contribution in [0.15, 0.2) is 24.5 Å². The summed E-state index contributed by atoms with van der Waals surface area (Å²) in [6.45, 7) is 3.75. The molecule has 0 aliphatic carbocycles. The Morgan fingerprint density at radius 2 is 2.53 bits per heavy atom. The summed E-state index contributed by atoms with van der Waals surface area (Å²) in [5.41, 5.74) is 2.25. The van der Waals surface area contributed by atoms with Crippen molar-refractivity contribution >= 4 is 11.0 Å². The van der Waals surface area contributed by atoms with Crippen LogP contribution in [0.3, 0.4) is 0 Å². The van der Waals surface area contributed by atoms with Gasteiger partial charge in [-0.05, 0) is 30.0 Å². The molecule has 0 spiro atoms. The topological polar surface area (TPSA) is 49.9 Å². The maximum atomic E-state index is 5.36. The zero-order chi connectivity index (χ0) is 11.5. The fourth-order valence-electron chi connectivity index (χ4n) is 2.31. The standard InChI is InChI=1S/C13H17N3O/c1-2-12-11(8-16-13(12)15-4-1)7-14-6-10-3-5-17-9-10/h1-2,4,8,10,14H,3,5-7,9H2,(H,15,16). The second kappa shape index (κ2) is 4.85. The number of H-pyrrole nitrogens is 1. The number of hydrogen-bond acceptors (Lipinski definition) is 3. The number of nitrogens with zero attached hydrogens (tertiary/aromatic N) is 1. The molecule has 3 rings (SSSR count). The van der Waals surface area contributed by atoms with E-state index in [1.54, 1.807) is 0 Å². The highest BCUT2D eigenvalue weighted by Gasteiger charge is 2.14. The van der Waals surface area contributed by atoms with Crippen molar-refractivity contribution in [3.05, 3.63) is 30.1 Å². The molecule has 90 valence electrons.